The lowest BCUT2D eigenvalue weighted by molar-refractivity contribution is -0.107. The van der Waals surface area contributed by atoms with Crippen molar-refractivity contribution in [3.8, 4) is 0 Å². The number of nitrogens with one attached hydrogen (secondary N) is 1. The number of carbonyl (C=O) groups is 1. The van der Waals surface area contributed by atoms with Gasteiger partial charge in [-0.15, -0.1) is 0 Å². The summed E-state index contributed by atoms with van der Waals surface area (Å²) in [5.74, 6) is 0.494. The zero-order chi connectivity index (χ0) is 17.7. The highest BCUT2D eigenvalue weighted by atomic mass is 19.1. The Morgan fingerprint density at radius 1 is 1.21 bits per heavy atom. The van der Waals surface area contributed by atoms with E-state index >= 15 is 0 Å². The molecule has 0 saturated heterocycles. The van der Waals surface area contributed by atoms with Crippen LogP contribution in [0.3, 0.4) is 0 Å². The van der Waals surface area contributed by atoms with Crippen molar-refractivity contribution >= 4 is 23.5 Å². The van der Waals surface area contributed by atoms with Crippen molar-refractivity contribution < 1.29 is 9.18 Å². The summed E-state index contributed by atoms with van der Waals surface area (Å²) in [7, 11) is 0. The summed E-state index contributed by atoms with van der Waals surface area (Å²) in [6.45, 7) is 7.82. The third-order valence-electron chi connectivity index (χ3n) is 3.92. The second-order valence-electron chi connectivity index (χ2n) is 5.93. The van der Waals surface area contributed by atoms with Gasteiger partial charge in [0.2, 0.25) is 0 Å². The normalized spacial score (nSPS) is 11.5. The Hall–Kier alpha value is -2.49. The Morgan fingerprint density at radius 3 is 2.58 bits per heavy atom. The second kappa shape index (κ2) is 7.86. The van der Waals surface area contributed by atoms with Gasteiger partial charge in [-0.2, -0.15) is 0 Å². The summed E-state index contributed by atoms with van der Waals surface area (Å²) in [5.41, 5.74) is 5.77. The van der Waals surface area contributed by atoms with Crippen molar-refractivity contribution in [2.24, 2.45) is 4.99 Å². The molecular formula is C20H23FN2O. The first kappa shape index (κ1) is 17.9. The first-order chi connectivity index (χ1) is 11.4. The minimum atomic E-state index is -0.248. The first-order valence-electron chi connectivity index (χ1n) is 8.09. The van der Waals surface area contributed by atoms with Gasteiger partial charge in [0.15, 0.2) is 0 Å². The molecule has 0 fully saturated rings. The van der Waals surface area contributed by atoms with E-state index in [0.29, 0.717) is 6.42 Å². The zero-order valence-electron chi connectivity index (χ0n) is 14.6. The standard InChI is InChI=1S/C20H23FN2O/c1-5-17-12-16(8-9-24)10-14(3)20(17)23-15(4)22-19-7-6-18(21)11-13(19)2/h6-7,9-12H,5,8H2,1-4H3,(H,22,23). The van der Waals surface area contributed by atoms with Gasteiger partial charge in [-0.3, -0.25) is 0 Å². The fourth-order valence-corrected chi connectivity index (χ4v) is 2.73. The molecule has 0 atom stereocenters. The van der Waals surface area contributed by atoms with E-state index in [2.05, 4.69) is 12.2 Å². The topological polar surface area (TPSA) is 41.5 Å². The van der Waals surface area contributed by atoms with Gasteiger partial charge >= 0.3 is 0 Å². The third-order valence-corrected chi connectivity index (χ3v) is 3.92. The summed E-state index contributed by atoms with van der Waals surface area (Å²) in [6, 6.07) is 8.68. The molecule has 0 aromatic heterocycles. The molecule has 0 aliphatic carbocycles. The number of hydrogen-bond donors (Lipinski definition) is 1. The van der Waals surface area contributed by atoms with Crippen LogP contribution < -0.4 is 5.32 Å². The number of aliphatic imine (C=N–C) groups is 1. The van der Waals surface area contributed by atoms with Crippen LogP contribution in [0.1, 0.15) is 36.1 Å². The fraction of sp³-hybridized carbons (Fsp3) is 0.300. The third kappa shape index (κ3) is 4.28. The molecule has 0 bridgehead atoms. The van der Waals surface area contributed by atoms with Crippen molar-refractivity contribution in [2.75, 3.05) is 5.32 Å². The largest absolute Gasteiger partial charge is 0.344 e. The lowest BCUT2D eigenvalue weighted by Gasteiger charge is -2.13. The minimum Gasteiger partial charge on any atom is -0.344 e. The van der Waals surface area contributed by atoms with Gasteiger partial charge in [-0.05, 0) is 67.6 Å². The molecule has 0 spiro atoms. The van der Waals surface area contributed by atoms with E-state index in [1.54, 1.807) is 6.07 Å². The van der Waals surface area contributed by atoms with Gasteiger partial charge in [-0.1, -0.05) is 19.1 Å². The number of halogens is 1. The molecule has 3 nitrogen and oxygen atoms in total. The summed E-state index contributed by atoms with van der Waals surface area (Å²) in [5, 5.41) is 3.23. The number of aryl methyl sites for hydroxylation is 3. The summed E-state index contributed by atoms with van der Waals surface area (Å²) >= 11 is 0. The fourth-order valence-electron chi connectivity index (χ4n) is 2.73. The second-order valence-corrected chi connectivity index (χ2v) is 5.93. The molecule has 24 heavy (non-hydrogen) atoms. The Kier molecular flexibility index (Phi) is 5.85. The van der Waals surface area contributed by atoms with Gasteiger partial charge in [0, 0.05) is 12.1 Å². The van der Waals surface area contributed by atoms with E-state index in [0.717, 1.165) is 52.2 Å². The Balaban J connectivity index is 2.33. The summed E-state index contributed by atoms with van der Waals surface area (Å²) < 4.78 is 13.2. The van der Waals surface area contributed by atoms with Crippen LogP contribution >= 0.6 is 0 Å². The monoisotopic (exact) mass is 326 g/mol. The first-order valence-corrected chi connectivity index (χ1v) is 8.09. The van der Waals surface area contributed by atoms with Crippen molar-refractivity contribution in [1.82, 2.24) is 0 Å². The van der Waals surface area contributed by atoms with E-state index in [9.17, 15) is 9.18 Å². The lowest BCUT2D eigenvalue weighted by Crippen LogP contribution is -2.08. The maximum absolute atomic E-state index is 13.2. The highest BCUT2D eigenvalue weighted by Crippen LogP contribution is 2.27. The maximum atomic E-state index is 13.2. The highest BCUT2D eigenvalue weighted by Gasteiger charge is 2.08. The SMILES string of the molecule is CCc1cc(CC=O)cc(C)c1N=C(C)Nc1ccc(F)cc1C. The molecule has 0 radical (unpaired) electrons. The van der Waals surface area contributed by atoms with Crippen molar-refractivity contribution in [1.29, 1.82) is 0 Å². The molecule has 0 aliphatic rings. The number of amidine groups is 1. The molecule has 0 unspecified atom stereocenters. The van der Waals surface area contributed by atoms with E-state index in [1.807, 2.05) is 32.9 Å². The van der Waals surface area contributed by atoms with Crippen molar-refractivity contribution in [3.05, 3.63) is 58.4 Å². The Bertz CT molecular complexity index is 781. The number of hydrogen-bond acceptors (Lipinski definition) is 2. The Labute approximate surface area is 142 Å². The molecule has 2 aromatic rings. The van der Waals surface area contributed by atoms with Gasteiger partial charge in [0.1, 0.15) is 17.9 Å². The van der Waals surface area contributed by atoms with Gasteiger partial charge in [0.05, 0.1) is 5.69 Å². The number of aldehydes is 1. The van der Waals surface area contributed by atoms with Crippen LogP contribution in [0.4, 0.5) is 15.8 Å². The van der Waals surface area contributed by atoms with Crippen LogP contribution in [0, 0.1) is 19.7 Å². The lowest BCUT2D eigenvalue weighted by atomic mass is 10.0. The van der Waals surface area contributed by atoms with Crippen LogP contribution in [-0.2, 0) is 17.6 Å². The Morgan fingerprint density at radius 2 is 1.96 bits per heavy atom. The zero-order valence-corrected chi connectivity index (χ0v) is 14.6. The molecule has 1 N–H and O–H groups in total. The average Bonchev–Trinajstić information content (AvgIpc) is 2.52. The maximum Gasteiger partial charge on any atom is 0.124 e. The number of anilines is 1. The van der Waals surface area contributed by atoms with E-state index in [-0.39, 0.29) is 5.82 Å². The van der Waals surface area contributed by atoms with Crippen LogP contribution in [-0.4, -0.2) is 12.1 Å². The minimum absolute atomic E-state index is 0.248. The van der Waals surface area contributed by atoms with E-state index in [4.69, 9.17) is 4.99 Å². The summed E-state index contributed by atoms with van der Waals surface area (Å²) in [6.07, 6.45) is 2.18. The molecule has 126 valence electrons. The van der Waals surface area contributed by atoms with Gasteiger partial charge < -0.3 is 10.1 Å². The van der Waals surface area contributed by atoms with Crippen LogP contribution in [0.25, 0.3) is 0 Å². The van der Waals surface area contributed by atoms with Crippen molar-refractivity contribution in [2.45, 2.75) is 40.5 Å². The number of rotatable bonds is 5. The molecule has 0 heterocycles. The molecule has 2 rings (SSSR count). The molecule has 2 aromatic carbocycles. The van der Waals surface area contributed by atoms with E-state index in [1.165, 1.54) is 12.1 Å². The number of benzene rings is 2. The average molecular weight is 326 g/mol. The van der Waals surface area contributed by atoms with Gasteiger partial charge in [0.25, 0.3) is 0 Å². The predicted molar refractivity (Wildman–Crippen MR) is 97.9 cm³/mol. The van der Waals surface area contributed by atoms with Crippen LogP contribution in [0.2, 0.25) is 0 Å². The molecule has 0 aliphatic heterocycles. The van der Waals surface area contributed by atoms with E-state index < -0.39 is 0 Å². The predicted octanol–water partition coefficient (Wildman–Crippen LogP) is 4.91. The number of nitrogens with zero attached hydrogens (tertiary/aromatic N) is 1. The quantitative estimate of drug-likeness (QED) is 0.482. The van der Waals surface area contributed by atoms with Crippen molar-refractivity contribution in [3.63, 3.8) is 0 Å². The smallest absolute Gasteiger partial charge is 0.124 e. The molecule has 4 heteroatoms. The molecule has 0 amide bonds. The highest BCUT2D eigenvalue weighted by molar-refractivity contribution is 5.96. The van der Waals surface area contributed by atoms with Crippen LogP contribution in [0.5, 0.6) is 0 Å². The summed E-state index contributed by atoms with van der Waals surface area (Å²) in [4.78, 5) is 15.5. The van der Waals surface area contributed by atoms with Crippen LogP contribution in [0.15, 0.2) is 35.3 Å². The van der Waals surface area contributed by atoms with Gasteiger partial charge in [-0.25, -0.2) is 9.38 Å². The molecular weight excluding hydrogens is 303 g/mol. The molecule has 0 saturated carbocycles. The number of carbonyl (C=O) groups excluding carboxylic acids is 1.